The van der Waals surface area contributed by atoms with Gasteiger partial charge in [-0.15, -0.1) is 0 Å². The van der Waals surface area contributed by atoms with Crippen LogP contribution in [0.2, 0.25) is 0 Å². The van der Waals surface area contributed by atoms with Crippen LogP contribution in [0.25, 0.3) is 0 Å². The van der Waals surface area contributed by atoms with E-state index in [2.05, 4.69) is 5.32 Å². The van der Waals surface area contributed by atoms with Crippen LogP contribution in [-0.2, 0) is 9.59 Å². The number of nitrogens with zero attached hydrogens (tertiary/aromatic N) is 1. The Morgan fingerprint density at radius 3 is 2.23 bits per heavy atom. The number of rotatable bonds is 3. The van der Waals surface area contributed by atoms with E-state index in [0.717, 1.165) is 0 Å². The normalized spacial score (nSPS) is 24.4. The van der Waals surface area contributed by atoms with Gasteiger partial charge in [0.05, 0.1) is 18.2 Å². The maximum Gasteiger partial charge on any atom is 0.292 e. The van der Waals surface area contributed by atoms with Crippen molar-refractivity contribution in [1.82, 2.24) is 0 Å². The summed E-state index contributed by atoms with van der Waals surface area (Å²) in [5.41, 5.74) is 0.700. The summed E-state index contributed by atoms with van der Waals surface area (Å²) in [4.78, 5) is 26.2. The predicted octanol–water partition coefficient (Wildman–Crippen LogP) is 1.99. The summed E-state index contributed by atoms with van der Waals surface area (Å²) in [5.74, 6) is -0.110. The maximum absolute atomic E-state index is 12.6. The van der Waals surface area contributed by atoms with Crippen LogP contribution in [0.3, 0.4) is 0 Å². The van der Waals surface area contributed by atoms with E-state index in [0.29, 0.717) is 18.2 Å². The van der Waals surface area contributed by atoms with E-state index in [4.69, 9.17) is 0 Å². The first kappa shape index (κ1) is 15.2. The van der Waals surface area contributed by atoms with Crippen LogP contribution in [0.1, 0.15) is 51.4 Å². The first-order valence-corrected chi connectivity index (χ1v) is 8.52. The van der Waals surface area contributed by atoms with Crippen molar-refractivity contribution in [2.24, 2.45) is 0 Å². The van der Waals surface area contributed by atoms with Crippen molar-refractivity contribution >= 4 is 17.5 Å². The lowest BCUT2D eigenvalue weighted by Gasteiger charge is -2.21. The molecule has 1 atom stereocenters. The number of para-hydroxylation sites is 1. The van der Waals surface area contributed by atoms with Gasteiger partial charge in [-0.05, 0) is 37.8 Å². The van der Waals surface area contributed by atoms with Gasteiger partial charge in [0, 0.05) is 0 Å². The van der Waals surface area contributed by atoms with Crippen LogP contribution >= 0.6 is 0 Å². The molecule has 22 heavy (non-hydrogen) atoms. The third kappa shape index (κ3) is 3.38. The van der Waals surface area contributed by atoms with Gasteiger partial charge in [0.15, 0.2) is 6.04 Å². The number of carbonyl (C=O) groups is 2. The molecule has 0 bridgehead atoms. The molecule has 1 saturated heterocycles. The van der Waals surface area contributed by atoms with Crippen molar-refractivity contribution in [3.63, 3.8) is 0 Å². The highest BCUT2D eigenvalue weighted by Crippen LogP contribution is 2.22. The lowest BCUT2D eigenvalue weighted by Crippen LogP contribution is -2.96. The molecule has 0 spiro atoms. The summed E-state index contributed by atoms with van der Waals surface area (Å²) in [7, 11) is 0. The highest BCUT2D eigenvalue weighted by Gasteiger charge is 2.43. The van der Waals surface area contributed by atoms with Gasteiger partial charge in [0.25, 0.3) is 5.91 Å². The molecular weight excluding hydrogens is 276 g/mol. The third-order valence-electron chi connectivity index (χ3n) is 4.85. The van der Waals surface area contributed by atoms with E-state index in [1.165, 1.54) is 49.8 Å². The van der Waals surface area contributed by atoms with E-state index in [1.54, 1.807) is 0 Å². The van der Waals surface area contributed by atoms with Gasteiger partial charge in [-0.2, -0.15) is 0 Å². The zero-order chi connectivity index (χ0) is 15.4. The van der Waals surface area contributed by atoms with Gasteiger partial charge < -0.3 is 5.32 Å². The Bertz CT molecular complexity index is 521. The summed E-state index contributed by atoms with van der Waals surface area (Å²) >= 11 is 0. The van der Waals surface area contributed by atoms with Crippen LogP contribution in [0, 0.1) is 0 Å². The molecular formula is C18H25N2O2+. The van der Waals surface area contributed by atoms with E-state index in [9.17, 15) is 9.59 Å². The number of anilines is 1. The van der Waals surface area contributed by atoms with Gasteiger partial charge in [0.2, 0.25) is 5.91 Å². The first-order chi connectivity index (χ1) is 10.8. The molecule has 0 radical (unpaired) electrons. The van der Waals surface area contributed by atoms with E-state index in [-0.39, 0.29) is 17.9 Å². The fourth-order valence-corrected chi connectivity index (χ4v) is 3.66. The van der Waals surface area contributed by atoms with Crippen molar-refractivity contribution in [1.29, 1.82) is 0 Å². The fraction of sp³-hybridized carbons (Fsp3) is 0.556. The van der Waals surface area contributed by atoms with Gasteiger partial charge >= 0.3 is 0 Å². The summed E-state index contributed by atoms with van der Waals surface area (Å²) in [6, 6.07) is 9.55. The first-order valence-electron chi connectivity index (χ1n) is 8.52. The number of amides is 2. The Labute approximate surface area is 131 Å². The lowest BCUT2D eigenvalue weighted by molar-refractivity contribution is -0.709. The molecule has 2 N–H and O–H groups in total. The Morgan fingerprint density at radius 2 is 1.55 bits per heavy atom. The monoisotopic (exact) mass is 301 g/mol. The molecule has 3 rings (SSSR count). The summed E-state index contributed by atoms with van der Waals surface area (Å²) < 4.78 is 0. The Balaban J connectivity index is 1.66. The Hall–Kier alpha value is -1.68. The minimum absolute atomic E-state index is 0.0433. The van der Waals surface area contributed by atoms with Crippen LogP contribution in [0.15, 0.2) is 30.3 Å². The molecule has 1 saturated carbocycles. The number of benzene rings is 1. The third-order valence-corrected chi connectivity index (χ3v) is 4.85. The molecule has 0 aromatic heterocycles. The molecule has 2 amide bonds. The maximum atomic E-state index is 12.6. The van der Waals surface area contributed by atoms with E-state index in [1.807, 2.05) is 30.3 Å². The number of hydrogen-bond acceptors (Lipinski definition) is 2. The minimum atomic E-state index is -0.225. The topological polar surface area (TPSA) is 54.0 Å². The van der Waals surface area contributed by atoms with Gasteiger partial charge in [-0.1, -0.05) is 37.5 Å². The average molecular weight is 301 g/mol. The van der Waals surface area contributed by atoms with Crippen LogP contribution < -0.4 is 10.2 Å². The molecule has 1 aliphatic carbocycles. The molecule has 0 unspecified atom stereocenters. The van der Waals surface area contributed by atoms with Gasteiger partial charge in [0.1, 0.15) is 0 Å². The smallest absolute Gasteiger partial charge is 0.292 e. The highest BCUT2D eigenvalue weighted by atomic mass is 16.2. The Kier molecular flexibility index (Phi) is 4.88. The molecule has 118 valence electrons. The Morgan fingerprint density at radius 1 is 0.909 bits per heavy atom. The van der Waals surface area contributed by atoms with E-state index >= 15 is 0 Å². The van der Waals surface area contributed by atoms with Gasteiger partial charge in [-0.3, -0.25) is 9.59 Å². The number of imide groups is 1. The standard InChI is InChI=1S/C18H24N2O2/c21-17-13-16(19-14-9-5-2-1-3-6-10-14)18(22)20(17)15-11-7-4-8-12-15/h4,7-8,11-12,14,16,19H,1-3,5-6,9-10,13H2/p+1/t16-/m1/s1. The summed E-state index contributed by atoms with van der Waals surface area (Å²) in [6.45, 7) is 0. The predicted molar refractivity (Wildman–Crippen MR) is 85.4 cm³/mol. The van der Waals surface area contributed by atoms with Crippen molar-refractivity contribution in [2.45, 2.75) is 63.5 Å². The molecule has 4 heteroatoms. The van der Waals surface area contributed by atoms with E-state index < -0.39 is 0 Å². The largest absolute Gasteiger partial charge is 0.333 e. The summed E-state index contributed by atoms with van der Waals surface area (Å²) in [6.07, 6.45) is 9.12. The number of quaternary nitrogens is 1. The summed E-state index contributed by atoms with van der Waals surface area (Å²) in [5, 5.41) is 2.18. The SMILES string of the molecule is O=C1C[C@@H]([NH2+]C2CCCCCCC2)C(=O)N1c1ccccc1. The van der Waals surface area contributed by atoms with Crippen LogP contribution in [0.4, 0.5) is 5.69 Å². The molecule has 4 nitrogen and oxygen atoms in total. The number of nitrogens with two attached hydrogens (primary N) is 1. The molecule has 1 aromatic carbocycles. The molecule has 2 aliphatic rings. The second kappa shape index (κ2) is 7.05. The minimum Gasteiger partial charge on any atom is -0.333 e. The van der Waals surface area contributed by atoms with Crippen LogP contribution in [0.5, 0.6) is 0 Å². The molecule has 1 heterocycles. The second-order valence-electron chi connectivity index (χ2n) is 6.51. The van der Waals surface area contributed by atoms with Crippen molar-refractivity contribution in [3.05, 3.63) is 30.3 Å². The average Bonchev–Trinajstić information content (AvgIpc) is 2.77. The number of carbonyl (C=O) groups excluding carboxylic acids is 2. The molecule has 1 aromatic rings. The zero-order valence-corrected chi connectivity index (χ0v) is 13.0. The van der Waals surface area contributed by atoms with Crippen molar-refractivity contribution in [3.8, 4) is 0 Å². The zero-order valence-electron chi connectivity index (χ0n) is 13.0. The molecule has 2 fully saturated rings. The van der Waals surface area contributed by atoms with Gasteiger partial charge in [-0.25, -0.2) is 4.90 Å². The van der Waals surface area contributed by atoms with Crippen molar-refractivity contribution < 1.29 is 14.9 Å². The second-order valence-corrected chi connectivity index (χ2v) is 6.51. The quantitative estimate of drug-likeness (QED) is 0.868. The molecule has 1 aliphatic heterocycles. The fourth-order valence-electron chi connectivity index (χ4n) is 3.66. The number of hydrogen-bond donors (Lipinski definition) is 1. The lowest BCUT2D eigenvalue weighted by atomic mass is 9.96. The van der Waals surface area contributed by atoms with Crippen molar-refractivity contribution in [2.75, 3.05) is 4.90 Å². The van der Waals surface area contributed by atoms with Crippen LogP contribution in [-0.4, -0.2) is 23.9 Å². The highest BCUT2D eigenvalue weighted by molar-refractivity contribution is 6.21.